The van der Waals surface area contributed by atoms with Crippen LogP contribution in [0.5, 0.6) is 5.75 Å². The lowest BCUT2D eigenvalue weighted by Crippen LogP contribution is -2.38. The van der Waals surface area contributed by atoms with Crippen molar-refractivity contribution in [2.75, 3.05) is 16.8 Å². The summed E-state index contributed by atoms with van der Waals surface area (Å²) in [4.78, 5) is 31.5. The van der Waals surface area contributed by atoms with Crippen LogP contribution in [0, 0.1) is 0 Å². The number of nitrogens with zero attached hydrogens (tertiary/aromatic N) is 2. The van der Waals surface area contributed by atoms with Crippen molar-refractivity contribution < 1.29 is 14.3 Å². The molecule has 1 aliphatic heterocycles. The van der Waals surface area contributed by atoms with Gasteiger partial charge in [0, 0.05) is 5.56 Å². The SMILES string of the molecule is O=C(Nc1nc2ccccc2s1)c1ccc2c(c1)N(Cc1ccccc1)C(=O)CO2. The van der Waals surface area contributed by atoms with Crippen molar-refractivity contribution in [2.45, 2.75) is 6.54 Å². The van der Waals surface area contributed by atoms with Crippen LogP contribution in [0.25, 0.3) is 10.2 Å². The van der Waals surface area contributed by atoms with Crippen LogP contribution in [0.2, 0.25) is 0 Å². The third-order valence-electron chi connectivity index (χ3n) is 4.86. The van der Waals surface area contributed by atoms with Crippen LogP contribution in [-0.2, 0) is 11.3 Å². The first-order chi connectivity index (χ1) is 14.7. The van der Waals surface area contributed by atoms with E-state index in [0.29, 0.717) is 28.7 Å². The Morgan fingerprint density at radius 2 is 1.87 bits per heavy atom. The number of para-hydroxylation sites is 1. The molecule has 0 radical (unpaired) electrons. The number of hydrogen-bond acceptors (Lipinski definition) is 5. The minimum absolute atomic E-state index is 0.0168. The average Bonchev–Trinajstić information content (AvgIpc) is 3.18. The summed E-state index contributed by atoms with van der Waals surface area (Å²) in [6, 6.07) is 22.6. The molecule has 0 unspecified atom stereocenters. The molecule has 0 spiro atoms. The molecule has 7 heteroatoms. The molecule has 30 heavy (non-hydrogen) atoms. The molecular weight excluding hydrogens is 398 g/mol. The summed E-state index contributed by atoms with van der Waals surface area (Å²) in [6.45, 7) is 0.399. The Kier molecular flexibility index (Phi) is 4.65. The van der Waals surface area contributed by atoms with Gasteiger partial charge in [0.2, 0.25) is 0 Å². The second-order valence-electron chi connectivity index (χ2n) is 6.88. The van der Waals surface area contributed by atoms with Crippen molar-refractivity contribution in [2.24, 2.45) is 0 Å². The molecule has 0 fully saturated rings. The van der Waals surface area contributed by atoms with E-state index < -0.39 is 0 Å². The molecule has 0 bridgehead atoms. The van der Waals surface area contributed by atoms with Gasteiger partial charge in [0.05, 0.1) is 22.4 Å². The Labute approximate surface area is 176 Å². The fraction of sp³-hybridized carbons (Fsp3) is 0.0870. The van der Waals surface area contributed by atoms with E-state index in [1.807, 2.05) is 54.6 Å². The zero-order chi connectivity index (χ0) is 20.5. The molecule has 2 heterocycles. The number of carbonyl (C=O) groups is 2. The van der Waals surface area contributed by atoms with Gasteiger partial charge in [-0.15, -0.1) is 0 Å². The molecule has 1 aliphatic rings. The van der Waals surface area contributed by atoms with Crippen LogP contribution in [0.3, 0.4) is 0 Å². The Balaban J connectivity index is 1.43. The first-order valence-electron chi connectivity index (χ1n) is 9.45. The molecule has 1 N–H and O–H groups in total. The lowest BCUT2D eigenvalue weighted by atomic mass is 10.1. The van der Waals surface area contributed by atoms with Gasteiger partial charge in [-0.1, -0.05) is 53.8 Å². The van der Waals surface area contributed by atoms with E-state index in [9.17, 15) is 9.59 Å². The topological polar surface area (TPSA) is 71.5 Å². The van der Waals surface area contributed by atoms with E-state index in [0.717, 1.165) is 15.8 Å². The number of amides is 2. The largest absolute Gasteiger partial charge is 0.482 e. The molecule has 0 saturated heterocycles. The smallest absolute Gasteiger partial charge is 0.265 e. The van der Waals surface area contributed by atoms with Gasteiger partial charge in [-0.2, -0.15) is 0 Å². The number of hydrogen-bond donors (Lipinski definition) is 1. The number of rotatable bonds is 4. The van der Waals surface area contributed by atoms with E-state index in [4.69, 9.17) is 4.74 Å². The number of nitrogens with one attached hydrogen (secondary N) is 1. The lowest BCUT2D eigenvalue weighted by molar-refractivity contribution is -0.121. The van der Waals surface area contributed by atoms with Gasteiger partial charge < -0.3 is 9.64 Å². The Hall–Kier alpha value is -3.71. The minimum atomic E-state index is -0.283. The maximum atomic E-state index is 12.8. The number of anilines is 2. The van der Waals surface area contributed by atoms with E-state index in [-0.39, 0.29) is 18.4 Å². The summed E-state index contributed by atoms with van der Waals surface area (Å²) < 4.78 is 6.57. The second kappa shape index (κ2) is 7.61. The molecule has 4 aromatic rings. The summed E-state index contributed by atoms with van der Waals surface area (Å²) in [7, 11) is 0. The first kappa shape index (κ1) is 18.3. The van der Waals surface area contributed by atoms with E-state index in [2.05, 4.69) is 10.3 Å². The van der Waals surface area contributed by atoms with Crippen LogP contribution in [-0.4, -0.2) is 23.4 Å². The van der Waals surface area contributed by atoms with Crippen molar-refractivity contribution in [3.05, 3.63) is 83.9 Å². The summed E-state index contributed by atoms with van der Waals surface area (Å²) in [5.41, 5.74) is 2.87. The van der Waals surface area contributed by atoms with Gasteiger partial charge in [0.1, 0.15) is 5.75 Å². The standard InChI is InChI=1S/C23H17N3O3S/c27-21-14-29-19-11-10-16(12-18(19)26(21)13-15-6-2-1-3-7-15)22(28)25-23-24-17-8-4-5-9-20(17)30-23/h1-12H,13-14H2,(H,24,25,28). The molecule has 2 amide bonds. The molecule has 148 valence electrons. The molecule has 6 nitrogen and oxygen atoms in total. The van der Waals surface area contributed by atoms with E-state index in [1.54, 1.807) is 23.1 Å². The van der Waals surface area contributed by atoms with Gasteiger partial charge in [-0.25, -0.2) is 4.98 Å². The van der Waals surface area contributed by atoms with Gasteiger partial charge in [0.15, 0.2) is 11.7 Å². The zero-order valence-corrected chi connectivity index (χ0v) is 16.7. The minimum Gasteiger partial charge on any atom is -0.482 e. The summed E-state index contributed by atoms with van der Waals surface area (Å²) in [5, 5.41) is 3.39. The number of carbonyl (C=O) groups excluding carboxylic acids is 2. The number of fused-ring (bicyclic) bond motifs is 2. The van der Waals surface area contributed by atoms with Crippen molar-refractivity contribution in [1.29, 1.82) is 0 Å². The third kappa shape index (κ3) is 3.51. The highest BCUT2D eigenvalue weighted by Crippen LogP contribution is 2.34. The summed E-state index contributed by atoms with van der Waals surface area (Å²) in [6.07, 6.45) is 0. The summed E-state index contributed by atoms with van der Waals surface area (Å²) >= 11 is 1.42. The van der Waals surface area contributed by atoms with E-state index >= 15 is 0 Å². The maximum absolute atomic E-state index is 12.8. The molecule has 0 atom stereocenters. The predicted molar refractivity (Wildman–Crippen MR) is 117 cm³/mol. The van der Waals surface area contributed by atoms with Crippen LogP contribution < -0.4 is 15.0 Å². The first-order valence-corrected chi connectivity index (χ1v) is 10.3. The number of ether oxygens (including phenoxy) is 1. The van der Waals surface area contributed by atoms with Gasteiger partial charge in [0.25, 0.3) is 11.8 Å². The van der Waals surface area contributed by atoms with Crippen molar-refractivity contribution >= 4 is 44.2 Å². The Morgan fingerprint density at radius 3 is 2.70 bits per heavy atom. The number of thiazole rings is 1. The van der Waals surface area contributed by atoms with Crippen LogP contribution in [0.15, 0.2) is 72.8 Å². The molecular formula is C23H17N3O3S. The lowest BCUT2D eigenvalue weighted by Gasteiger charge is -2.29. The fourth-order valence-corrected chi connectivity index (χ4v) is 4.24. The Morgan fingerprint density at radius 1 is 1.07 bits per heavy atom. The van der Waals surface area contributed by atoms with Crippen molar-refractivity contribution in [3.63, 3.8) is 0 Å². The van der Waals surface area contributed by atoms with Crippen LogP contribution in [0.4, 0.5) is 10.8 Å². The van der Waals surface area contributed by atoms with Crippen molar-refractivity contribution in [3.8, 4) is 5.75 Å². The van der Waals surface area contributed by atoms with Crippen molar-refractivity contribution in [1.82, 2.24) is 4.98 Å². The predicted octanol–water partition coefficient (Wildman–Crippen LogP) is 4.47. The normalized spacial score (nSPS) is 13.1. The zero-order valence-electron chi connectivity index (χ0n) is 15.9. The molecule has 0 aliphatic carbocycles. The monoisotopic (exact) mass is 415 g/mol. The number of aromatic nitrogens is 1. The fourth-order valence-electron chi connectivity index (χ4n) is 3.38. The van der Waals surface area contributed by atoms with Crippen LogP contribution >= 0.6 is 11.3 Å². The Bertz CT molecular complexity index is 1220. The molecule has 0 saturated carbocycles. The molecule has 1 aromatic heterocycles. The van der Waals surface area contributed by atoms with Gasteiger partial charge in [-0.3, -0.25) is 14.9 Å². The average molecular weight is 415 g/mol. The highest BCUT2D eigenvalue weighted by molar-refractivity contribution is 7.22. The van der Waals surface area contributed by atoms with Crippen LogP contribution in [0.1, 0.15) is 15.9 Å². The third-order valence-corrected chi connectivity index (χ3v) is 5.81. The highest BCUT2D eigenvalue weighted by Gasteiger charge is 2.27. The van der Waals surface area contributed by atoms with E-state index in [1.165, 1.54) is 11.3 Å². The maximum Gasteiger partial charge on any atom is 0.265 e. The molecule has 5 rings (SSSR count). The second-order valence-corrected chi connectivity index (χ2v) is 7.91. The highest BCUT2D eigenvalue weighted by atomic mass is 32.1. The summed E-state index contributed by atoms with van der Waals surface area (Å²) in [5.74, 6) is 0.159. The molecule has 3 aromatic carbocycles. The van der Waals surface area contributed by atoms with Gasteiger partial charge in [-0.05, 0) is 35.9 Å². The number of benzene rings is 3. The van der Waals surface area contributed by atoms with Gasteiger partial charge >= 0.3 is 0 Å². The quantitative estimate of drug-likeness (QED) is 0.534.